The minimum absolute atomic E-state index is 0.108. The number of hydrogen-bond donors (Lipinski definition) is 2. The molecule has 2 rings (SSSR count). The molecule has 0 bridgehead atoms. The van der Waals surface area contributed by atoms with Crippen molar-refractivity contribution in [3.8, 4) is 0 Å². The molecule has 21 heavy (non-hydrogen) atoms. The second-order valence-electron chi connectivity index (χ2n) is 4.44. The first-order chi connectivity index (χ1) is 9.88. The molecule has 0 aliphatic rings. The van der Waals surface area contributed by atoms with Crippen molar-refractivity contribution >= 4 is 49.4 Å². The molecule has 2 N–H and O–H groups in total. The van der Waals surface area contributed by atoms with Gasteiger partial charge in [0, 0.05) is 8.95 Å². The summed E-state index contributed by atoms with van der Waals surface area (Å²) in [6.07, 6.45) is 0. The van der Waals surface area contributed by atoms with E-state index in [0.717, 1.165) is 5.56 Å². The van der Waals surface area contributed by atoms with Crippen LogP contribution in [-0.4, -0.2) is 17.0 Å². The van der Waals surface area contributed by atoms with E-state index in [2.05, 4.69) is 37.2 Å². The molecule has 0 aliphatic heterocycles. The van der Waals surface area contributed by atoms with Crippen LogP contribution in [-0.2, 0) is 0 Å². The molecule has 0 unspecified atom stereocenters. The van der Waals surface area contributed by atoms with Gasteiger partial charge in [-0.15, -0.1) is 0 Å². The molecule has 0 fully saturated rings. The summed E-state index contributed by atoms with van der Waals surface area (Å²) < 4.78 is 1.30. The average molecular weight is 413 g/mol. The summed E-state index contributed by atoms with van der Waals surface area (Å²) in [4.78, 5) is 23.2. The number of aryl methyl sites for hydroxylation is 1. The molecule has 2 aromatic rings. The van der Waals surface area contributed by atoms with E-state index in [0.29, 0.717) is 20.2 Å². The fraction of sp³-hybridized carbons (Fsp3) is 0.0667. The van der Waals surface area contributed by atoms with Crippen molar-refractivity contribution in [1.29, 1.82) is 0 Å². The zero-order chi connectivity index (χ0) is 15.6. The van der Waals surface area contributed by atoms with Crippen LogP contribution in [0.5, 0.6) is 0 Å². The Balaban J connectivity index is 2.31. The van der Waals surface area contributed by atoms with Crippen LogP contribution in [0.15, 0.2) is 45.3 Å². The van der Waals surface area contributed by atoms with E-state index in [-0.39, 0.29) is 11.5 Å². The van der Waals surface area contributed by atoms with Crippen LogP contribution in [0.1, 0.15) is 26.3 Å². The van der Waals surface area contributed by atoms with Crippen LogP contribution in [0.25, 0.3) is 0 Å². The van der Waals surface area contributed by atoms with Crippen molar-refractivity contribution < 1.29 is 14.7 Å². The fourth-order valence-corrected chi connectivity index (χ4v) is 2.77. The van der Waals surface area contributed by atoms with Crippen molar-refractivity contribution in [2.75, 3.05) is 5.32 Å². The summed E-state index contributed by atoms with van der Waals surface area (Å²) in [5, 5.41) is 11.7. The highest BCUT2D eigenvalue weighted by Gasteiger charge is 2.13. The largest absolute Gasteiger partial charge is 0.478 e. The Hall–Kier alpha value is -1.66. The number of hydrogen-bond acceptors (Lipinski definition) is 2. The normalized spacial score (nSPS) is 10.2. The van der Waals surface area contributed by atoms with Gasteiger partial charge in [0.1, 0.15) is 0 Å². The molecule has 0 atom stereocenters. The quantitative estimate of drug-likeness (QED) is 0.781. The molecular weight excluding hydrogens is 402 g/mol. The summed E-state index contributed by atoms with van der Waals surface area (Å²) in [6.45, 7) is 1.93. The third-order valence-electron chi connectivity index (χ3n) is 2.83. The summed E-state index contributed by atoms with van der Waals surface area (Å²) in [6, 6.07) is 9.85. The first kappa shape index (κ1) is 15.7. The van der Waals surface area contributed by atoms with E-state index < -0.39 is 5.97 Å². The monoisotopic (exact) mass is 411 g/mol. The number of carbonyl (C=O) groups is 2. The number of nitrogens with one attached hydrogen (secondary N) is 1. The zero-order valence-corrected chi connectivity index (χ0v) is 14.2. The number of carboxylic acids is 1. The second-order valence-corrected chi connectivity index (χ2v) is 6.15. The van der Waals surface area contributed by atoms with Gasteiger partial charge in [0.25, 0.3) is 5.91 Å². The first-order valence-electron chi connectivity index (χ1n) is 5.99. The third-order valence-corrected chi connectivity index (χ3v) is 4.18. The van der Waals surface area contributed by atoms with Crippen molar-refractivity contribution in [1.82, 2.24) is 0 Å². The Morgan fingerprint density at radius 1 is 1.05 bits per heavy atom. The van der Waals surface area contributed by atoms with Gasteiger partial charge in [-0.3, -0.25) is 4.79 Å². The summed E-state index contributed by atoms with van der Waals surface area (Å²) in [7, 11) is 0. The maximum absolute atomic E-state index is 12.3. The molecule has 4 nitrogen and oxygen atoms in total. The highest BCUT2D eigenvalue weighted by atomic mass is 79.9. The molecule has 0 saturated carbocycles. The van der Waals surface area contributed by atoms with Gasteiger partial charge in [-0.1, -0.05) is 6.07 Å². The van der Waals surface area contributed by atoms with Crippen LogP contribution < -0.4 is 5.32 Å². The SMILES string of the molecule is Cc1ccc(C(=O)Nc2cc(C(=O)O)ccc2Br)c(Br)c1. The summed E-state index contributed by atoms with van der Waals surface area (Å²) in [5.41, 5.74) is 2.03. The average Bonchev–Trinajstić information content (AvgIpc) is 2.40. The van der Waals surface area contributed by atoms with Gasteiger partial charge >= 0.3 is 5.97 Å². The van der Waals surface area contributed by atoms with Gasteiger partial charge in [0.2, 0.25) is 0 Å². The van der Waals surface area contributed by atoms with Crippen LogP contribution in [0.4, 0.5) is 5.69 Å². The van der Waals surface area contributed by atoms with E-state index in [9.17, 15) is 9.59 Å². The van der Waals surface area contributed by atoms with Crippen LogP contribution in [0.3, 0.4) is 0 Å². The minimum Gasteiger partial charge on any atom is -0.478 e. The molecule has 0 spiro atoms. The van der Waals surface area contributed by atoms with Gasteiger partial charge in [-0.25, -0.2) is 4.79 Å². The maximum atomic E-state index is 12.3. The standard InChI is InChI=1S/C15H11Br2NO3/c1-8-2-4-10(12(17)6-8)14(19)18-13-7-9(15(20)21)3-5-11(13)16/h2-7H,1H3,(H,18,19)(H,20,21). The number of carboxylic acid groups (broad SMARTS) is 1. The highest BCUT2D eigenvalue weighted by Crippen LogP contribution is 2.26. The van der Waals surface area contributed by atoms with E-state index in [1.807, 2.05) is 19.1 Å². The summed E-state index contributed by atoms with van der Waals surface area (Å²) >= 11 is 6.64. The lowest BCUT2D eigenvalue weighted by molar-refractivity contribution is 0.0696. The Kier molecular flexibility index (Phi) is 4.80. The highest BCUT2D eigenvalue weighted by molar-refractivity contribution is 9.11. The predicted molar refractivity (Wildman–Crippen MR) is 87.9 cm³/mol. The number of rotatable bonds is 3. The third kappa shape index (κ3) is 3.71. The molecule has 0 radical (unpaired) electrons. The van der Waals surface area contributed by atoms with Crippen LogP contribution >= 0.6 is 31.9 Å². The molecule has 0 saturated heterocycles. The number of anilines is 1. The Morgan fingerprint density at radius 3 is 2.38 bits per heavy atom. The van der Waals surface area contributed by atoms with E-state index in [1.165, 1.54) is 12.1 Å². The molecule has 1 amide bonds. The number of amides is 1. The van der Waals surface area contributed by atoms with Crippen LogP contribution in [0, 0.1) is 6.92 Å². The molecule has 6 heteroatoms. The van der Waals surface area contributed by atoms with Gasteiger partial charge in [-0.2, -0.15) is 0 Å². The van der Waals surface area contributed by atoms with Crippen molar-refractivity contribution in [2.45, 2.75) is 6.92 Å². The number of benzene rings is 2. The Morgan fingerprint density at radius 2 is 1.76 bits per heavy atom. The van der Waals surface area contributed by atoms with Crippen LogP contribution in [0.2, 0.25) is 0 Å². The molecule has 108 valence electrons. The first-order valence-corrected chi connectivity index (χ1v) is 7.57. The van der Waals surface area contributed by atoms with E-state index in [4.69, 9.17) is 5.11 Å². The van der Waals surface area contributed by atoms with Gasteiger partial charge in [-0.05, 0) is 74.7 Å². The molecular formula is C15H11Br2NO3. The van der Waals surface area contributed by atoms with E-state index >= 15 is 0 Å². The summed E-state index contributed by atoms with van der Waals surface area (Å²) in [5.74, 6) is -1.36. The lowest BCUT2D eigenvalue weighted by atomic mass is 10.1. The van der Waals surface area contributed by atoms with Crippen molar-refractivity contribution in [2.24, 2.45) is 0 Å². The number of halogens is 2. The van der Waals surface area contributed by atoms with Gasteiger partial charge in [0.15, 0.2) is 0 Å². The predicted octanol–water partition coefficient (Wildman–Crippen LogP) is 4.47. The molecule has 0 aliphatic carbocycles. The van der Waals surface area contributed by atoms with Gasteiger partial charge in [0.05, 0.1) is 16.8 Å². The number of carbonyl (C=O) groups excluding carboxylic acids is 1. The maximum Gasteiger partial charge on any atom is 0.335 e. The molecule has 0 heterocycles. The molecule has 2 aromatic carbocycles. The van der Waals surface area contributed by atoms with Crippen molar-refractivity contribution in [3.63, 3.8) is 0 Å². The minimum atomic E-state index is -1.05. The Labute approximate surface area is 138 Å². The number of aromatic carboxylic acids is 1. The van der Waals surface area contributed by atoms with Crippen molar-refractivity contribution in [3.05, 3.63) is 62.0 Å². The topological polar surface area (TPSA) is 66.4 Å². The lowest BCUT2D eigenvalue weighted by Gasteiger charge is -2.10. The molecule has 0 aromatic heterocycles. The lowest BCUT2D eigenvalue weighted by Crippen LogP contribution is -2.13. The second kappa shape index (κ2) is 6.41. The van der Waals surface area contributed by atoms with Gasteiger partial charge < -0.3 is 10.4 Å². The zero-order valence-electron chi connectivity index (χ0n) is 11.0. The fourth-order valence-electron chi connectivity index (χ4n) is 1.75. The van der Waals surface area contributed by atoms with E-state index in [1.54, 1.807) is 12.1 Å². The smallest absolute Gasteiger partial charge is 0.335 e. The Bertz CT molecular complexity index is 729.